The Balaban J connectivity index is 1.88. The summed E-state index contributed by atoms with van der Waals surface area (Å²) in [7, 11) is 0. The number of carbonyl (C=O) groups is 2. The maximum Gasteiger partial charge on any atom is 0.341 e. The molecule has 0 aliphatic carbocycles. The third-order valence-electron chi connectivity index (χ3n) is 3.15. The third-order valence-corrected chi connectivity index (χ3v) is 3.39. The summed E-state index contributed by atoms with van der Waals surface area (Å²) in [6.07, 6.45) is 0. The predicted molar refractivity (Wildman–Crippen MR) is 84.7 cm³/mol. The molecule has 1 amide bonds. The van der Waals surface area contributed by atoms with Gasteiger partial charge >= 0.3 is 5.97 Å². The lowest BCUT2D eigenvalue weighted by atomic mass is 10.1. The summed E-state index contributed by atoms with van der Waals surface area (Å²) in [5.74, 6) is -2.05. The van der Waals surface area contributed by atoms with E-state index < -0.39 is 24.3 Å². The zero-order valence-corrected chi connectivity index (χ0v) is 13.1. The Morgan fingerprint density at radius 2 is 1.96 bits per heavy atom. The Morgan fingerprint density at radius 3 is 2.65 bits per heavy atom. The van der Waals surface area contributed by atoms with E-state index in [4.69, 9.17) is 16.3 Å². The Hall–Kier alpha value is -2.40. The molecular formula is C17H15ClFNO3. The van der Waals surface area contributed by atoms with Gasteiger partial charge in [-0.15, -0.1) is 0 Å². The summed E-state index contributed by atoms with van der Waals surface area (Å²) in [5, 5.41) is 3.24. The van der Waals surface area contributed by atoms with Crippen molar-refractivity contribution in [2.75, 3.05) is 6.61 Å². The first kappa shape index (κ1) is 17.0. The average molecular weight is 336 g/mol. The van der Waals surface area contributed by atoms with Gasteiger partial charge < -0.3 is 10.1 Å². The van der Waals surface area contributed by atoms with Crippen molar-refractivity contribution in [3.63, 3.8) is 0 Å². The molecule has 120 valence electrons. The van der Waals surface area contributed by atoms with E-state index in [2.05, 4.69) is 5.32 Å². The van der Waals surface area contributed by atoms with Crippen LogP contribution in [0, 0.1) is 5.82 Å². The highest BCUT2D eigenvalue weighted by Gasteiger charge is 2.15. The highest BCUT2D eigenvalue weighted by atomic mass is 35.5. The fourth-order valence-electron chi connectivity index (χ4n) is 1.98. The number of ether oxygens (including phenoxy) is 1. The van der Waals surface area contributed by atoms with Crippen LogP contribution in [0.3, 0.4) is 0 Å². The average Bonchev–Trinajstić information content (AvgIpc) is 2.53. The van der Waals surface area contributed by atoms with Gasteiger partial charge in [0.1, 0.15) is 5.82 Å². The molecular weight excluding hydrogens is 321 g/mol. The zero-order valence-electron chi connectivity index (χ0n) is 12.4. The van der Waals surface area contributed by atoms with Gasteiger partial charge in [-0.2, -0.15) is 0 Å². The van der Waals surface area contributed by atoms with Gasteiger partial charge in [0.15, 0.2) is 6.61 Å². The molecule has 0 spiro atoms. The molecule has 0 unspecified atom stereocenters. The molecule has 0 aliphatic rings. The van der Waals surface area contributed by atoms with Crippen LogP contribution in [0.2, 0.25) is 5.02 Å². The Kier molecular flexibility index (Phi) is 5.71. The van der Waals surface area contributed by atoms with Crippen LogP contribution in [0.15, 0.2) is 48.5 Å². The second-order valence-corrected chi connectivity index (χ2v) is 5.34. The molecule has 1 N–H and O–H groups in total. The topological polar surface area (TPSA) is 55.4 Å². The predicted octanol–water partition coefficient (Wildman–Crippen LogP) is 3.51. The lowest BCUT2D eigenvalue weighted by molar-refractivity contribution is -0.124. The summed E-state index contributed by atoms with van der Waals surface area (Å²) in [4.78, 5) is 23.5. The monoisotopic (exact) mass is 335 g/mol. The zero-order chi connectivity index (χ0) is 16.8. The van der Waals surface area contributed by atoms with E-state index in [1.807, 2.05) is 6.07 Å². The van der Waals surface area contributed by atoms with Crippen LogP contribution in [-0.4, -0.2) is 18.5 Å². The van der Waals surface area contributed by atoms with Gasteiger partial charge in [0.2, 0.25) is 0 Å². The molecule has 4 nitrogen and oxygen atoms in total. The highest BCUT2D eigenvalue weighted by molar-refractivity contribution is 6.30. The van der Waals surface area contributed by atoms with Crippen LogP contribution < -0.4 is 5.32 Å². The number of nitrogens with one attached hydrogen (secondary N) is 1. The fraction of sp³-hybridized carbons (Fsp3) is 0.176. The van der Waals surface area contributed by atoms with Crippen molar-refractivity contribution < 1.29 is 18.7 Å². The molecule has 0 aromatic heterocycles. The van der Waals surface area contributed by atoms with E-state index in [0.717, 1.165) is 11.6 Å². The maximum atomic E-state index is 13.4. The number of benzene rings is 2. The van der Waals surface area contributed by atoms with Crippen molar-refractivity contribution in [2.24, 2.45) is 0 Å². The number of hydrogen-bond donors (Lipinski definition) is 1. The summed E-state index contributed by atoms with van der Waals surface area (Å²) < 4.78 is 18.2. The minimum atomic E-state index is -0.881. The number of amides is 1. The van der Waals surface area contributed by atoms with E-state index in [0.29, 0.717) is 5.02 Å². The Morgan fingerprint density at radius 1 is 1.22 bits per heavy atom. The third kappa shape index (κ3) is 4.79. The molecule has 1 atom stereocenters. The van der Waals surface area contributed by atoms with Gasteiger partial charge in [-0.1, -0.05) is 35.9 Å². The second-order valence-electron chi connectivity index (χ2n) is 4.90. The standard InChI is InChI=1S/C17H15ClFNO3/c1-11(12-5-4-6-13(18)9-12)20-16(21)10-23-17(22)14-7-2-3-8-15(14)19/h2-9,11H,10H2,1H3,(H,20,21)/t11-/m0/s1. The van der Waals surface area contributed by atoms with Crippen LogP contribution in [-0.2, 0) is 9.53 Å². The van der Waals surface area contributed by atoms with Crippen LogP contribution in [0.1, 0.15) is 28.9 Å². The summed E-state index contributed by atoms with van der Waals surface area (Å²) >= 11 is 5.89. The summed E-state index contributed by atoms with van der Waals surface area (Å²) in [6, 6.07) is 12.2. The van der Waals surface area contributed by atoms with Gasteiger partial charge in [0, 0.05) is 5.02 Å². The molecule has 2 aromatic rings. The van der Waals surface area contributed by atoms with Crippen LogP contribution >= 0.6 is 11.6 Å². The first-order valence-corrected chi connectivity index (χ1v) is 7.31. The van der Waals surface area contributed by atoms with Gasteiger partial charge in [0.25, 0.3) is 5.91 Å². The molecule has 2 rings (SSSR count). The lowest BCUT2D eigenvalue weighted by Gasteiger charge is -2.14. The molecule has 0 heterocycles. The van der Waals surface area contributed by atoms with E-state index in [-0.39, 0.29) is 11.6 Å². The number of halogens is 2. The second kappa shape index (κ2) is 7.74. The molecule has 0 saturated heterocycles. The van der Waals surface area contributed by atoms with Crippen molar-refractivity contribution in [1.29, 1.82) is 0 Å². The summed E-state index contributed by atoms with van der Waals surface area (Å²) in [6.45, 7) is 1.29. The van der Waals surface area contributed by atoms with E-state index in [9.17, 15) is 14.0 Å². The molecule has 0 bridgehead atoms. The van der Waals surface area contributed by atoms with Gasteiger partial charge in [0.05, 0.1) is 11.6 Å². The van der Waals surface area contributed by atoms with Gasteiger partial charge in [-0.25, -0.2) is 9.18 Å². The van der Waals surface area contributed by atoms with Crippen molar-refractivity contribution in [1.82, 2.24) is 5.32 Å². The molecule has 0 saturated carbocycles. The Bertz CT molecular complexity index is 720. The molecule has 6 heteroatoms. The molecule has 2 aromatic carbocycles. The first-order chi connectivity index (χ1) is 11.0. The highest BCUT2D eigenvalue weighted by Crippen LogP contribution is 2.17. The fourth-order valence-corrected chi connectivity index (χ4v) is 2.18. The van der Waals surface area contributed by atoms with Crippen molar-refractivity contribution in [3.8, 4) is 0 Å². The minimum absolute atomic E-state index is 0.205. The SMILES string of the molecule is C[C@H](NC(=O)COC(=O)c1ccccc1F)c1cccc(Cl)c1. The molecule has 0 fully saturated rings. The van der Waals surface area contributed by atoms with Crippen LogP contribution in [0.4, 0.5) is 4.39 Å². The number of rotatable bonds is 5. The van der Waals surface area contributed by atoms with Gasteiger partial charge in [-0.3, -0.25) is 4.79 Å². The number of carbonyl (C=O) groups excluding carboxylic acids is 2. The normalized spacial score (nSPS) is 11.6. The van der Waals surface area contributed by atoms with E-state index in [1.165, 1.54) is 18.2 Å². The quantitative estimate of drug-likeness (QED) is 0.851. The first-order valence-electron chi connectivity index (χ1n) is 6.94. The van der Waals surface area contributed by atoms with Crippen molar-refractivity contribution >= 4 is 23.5 Å². The van der Waals surface area contributed by atoms with Crippen LogP contribution in [0.25, 0.3) is 0 Å². The smallest absolute Gasteiger partial charge is 0.341 e. The largest absolute Gasteiger partial charge is 0.452 e. The van der Waals surface area contributed by atoms with Crippen LogP contribution in [0.5, 0.6) is 0 Å². The molecule has 0 radical (unpaired) electrons. The number of esters is 1. The molecule has 23 heavy (non-hydrogen) atoms. The minimum Gasteiger partial charge on any atom is -0.452 e. The summed E-state index contributed by atoms with van der Waals surface area (Å²) in [5.41, 5.74) is 0.620. The Labute approximate surface area is 138 Å². The van der Waals surface area contributed by atoms with E-state index in [1.54, 1.807) is 25.1 Å². The van der Waals surface area contributed by atoms with Gasteiger partial charge in [-0.05, 0) is 36.8 Å². The van der Waals surface area contributed by atoms with E-state index >= 15 is 0 Å². The van der Waals surface area contributed by atoms with Crippen molar-refractivity contribution in [3.05, 3.63) is 70.5 Å². The number of hydrogen-bond acceptors (Lipinski definition) is 3. The van der Waals surface area contributed by atoms with Crippen molar-refractivity contribution in [2.45, 2.75) is 13.0 Å². The maximum absolute atomic E-state index is 13.4. The molecule has 0 aliphatic heterocycles. The lowest BCUT2D eigenvalue weighted by Crippen LogP contribution is -2.31.